The average Bonchev–Trinajstić information content (AvgIpc) is 2.98. The molecule has 3 aromatic rings. The molecule has 0 atom stereocenters. The van der Waals surface area contributed by atoms with E-state index in [9.17, 15) is 9.59 Å². The average molecular weight is 499 g/mol. The van der Waals surface area contributed by atoms with Gasteiger partial charge in [-0.25, -0.2) is 4.90 Å². The number of methoxy groups -OCH3 is 1. The molecule has 0 aliphatic carbocycles. The van der Waals surface area contributed by atoms with Crippen LogP contribution >= 0.6 is 35.0 Å². The lowest BCUT2D eigenvalue weighted by atomic mass is 10.1. The number of hydrogen-bond acceptors (Lipinski definition) is 5. The quantitative estimate of drug-likeness (QED) is 0.387. The molecule has 168 valence electrons. The smallest absolute Gasteiger partial charge is 0.283 e. The fourth-order valence-electron chi connectivity index (χ4n) is 3.58. The summed E-state index contributed by atoms with van der Waals surface area (Å²) in [7, 11) is 1.48. The Morgan fingerprint density at radius 2 is 1.48 bits per heavy atom. The van der Waals surface area contributed by atoms with E-state index >= 15 is 0 Å². The van der Waals surface area contributed by atoms with Gasteiger partial charge in [0.15, 0.2) is 0 Å². The van der Waals surface area contributed by atoms with Gasteiger partial charge >= 0.3 is 0 Å². The Labute approximate surface area is 206 Å². The normalized spacial score (nSPS) is 13.7. The maximum atomic E-state index is 13.6. The molecule has 33 heavy (non-hydrogen) atoms. The zero-order valence-electron chi connectivity index (χ0n) is 18.1. The Morgan fingerprint density at radius 3 is 2.12 bits per heavy atom. The van der Waals surface area contributed by atoms with Gasteiger partial charge < -0.3 is 10.1 Å². The molecule has 1 aliphatic heterocycles. The summed E-state index contributed by atoms with van der Waals surface area (Å²) in [4.78, 5) is 29.3. The van der Waals surface area contributed by atoms with Crippen LogP contribution in [0.4, 0.5) is 11.4 Å². The van der Waals surface area contributed by atoms with E-state index in [-0.39, 0.29) is 16.3 Å². The molecular formula is C25H20Cl2N2O3S. The van der Waals surface area contributed by atoms with E-state index in [1.54, 1.807) is 42.5 Å². The van der Waals surface area contributed by atoms with Crippen LogP contribution in [0.25, 0.3) is 0 Å². The first kappa shape index (κ1) is 23.2. The molecule has 4 rings (SSSR count). The zero-order chi connectivity index (χ0) is 23.7. The zero-order valence-corrected chi connectivity index (χ0v) is 20.4. The van der Waals surface area contributed by atoms with Crippen molar-refractivity contribution in [3.8, 4) is 5.75 Å². The van der Waals surface area contributed by atoms with E-state index in [2.05, 4.69) is 5.32 Å². The van der Waals surface area contributed by atoms with Crippen LogP contribution < -0.4 is 15.0 Å². The molecule has 0 aromatic heterocycles. The minimum atomic E-state index is -0.490. The number of amides is 2. The fraction of sp³-hybridized carbons (Fsp3) is 0.120. The molecule has 0 spiro atoms. The highest BCUT2D eigenvalue weighted by molar-refractivity contribution is 8.04. The third kappa shape index (κ3) is 4.88. The first-order chi connectivity index (χ1) is 15.8. The lowest BCUT2D eigenvalue weighted by Crippen LogP contribution is -2.32. The number of aryl methyl sites for hydroxylation is 2. The number of hydrogen-bond donors (Lipinski definition) is 1. The van der Waals surface area contributed by atoms with Gasteiger partial charge in [-0.2, -0.15) is 0 Å². The Bertz CT molecular complexity index is 1270. The molecule has 1 heterocycles. The van der Waals surface area contributed by atoms with Gasteiger partial charge in [0.25, 0.3) is 11.8 Å². The summed E-state index contributed by atoms with van der Waals surface area (Å²) in [6.45, 7) is 3.95. The second-order valence-electron chi connectivity index (χ2n) is 7.52. The lowest BCUT2D eigenvalue weighted by molar-refractivity contribution is -0.120. The van der Waals surface area contributed by atoms with Crippen molar-refractivity contribution in [1.82, 2.24) is 0 Å². The Balaban J connectivity index is 1.80. The van der Waals surface area contributed by atoms with Crippen LogP contribution in [0.3, 0.4) is 0 Å². The van der Waals surface area contributed by atoms with Gasteiger partial charge in [0.2, 0.25) is 0 Å². The topological polar surface area (TPSA) is 58.6 Å². The highest BCUT2D eigenvalue weighted by Gasteiger charge is 2.41. The molecule has 2 amide bonds. The van der Waals surface area contributed by atoms with Crippen molar-refractivity contribution in [2.24, 2.45) is 0 Å². The van der Waals surface area contributed by atoms with Crippen LogP contribution in [0.5, 0.6) is 5.75 Å². The van der Waals surface area contributed by atoms with Crippen molar-refractivity contribution >= 4 is 58.2 Å². The monoisotopic (exact) mass is 498 g/mol. The Morgan fingerprint density at radius 1 is 0.848 bits per heavy atom. The summed E-state index contributed by atoms with van der Waals surface area (Å²) in [6, 6.07) is 17.8. The standard InChI is InChI=1S/C25H20Cl2N2O3S/c1-14-10-15(2)12-18(11-14)28-22-23(33-19-7-4-16(26)5-8-19)25(31)29(24(22)30)20-13-17(27)6-9-21(20)32-3/h4-13,28H,1-3H3. The number of ether oxygens (including phenoxy) is 1. The number of thioether (sulfide) groups is 1. The van der Waals surface area contributed by atoms with E-state index in [1.807, 2.05) is 32.0 Å². The summed E-state index contributed by atoms with van der Waals surface area (Å²) in [5.41, 5.74) is 3.27. The van der Waals surface area contributed by atoms with Crippen LogP contribution in [-0.4, -0.2) is 18.9 Å². The van der Waals surface area contributed by atoms with E-state index < -0.39 is 11.8 Å². The maximum absolute atomic E-state index is 13.6. The highest BCUT2D eigenvalue weighted by Crippen LogP contribution is 2.41. The Kier molecular flexibility index (Phi) is 6.70. The molecule has 1 N–H and O–H groups in total. The van der Waals surface area contributed by atoms with Crippen molar-refractivity contribution in [1.29, 1.82) is 0 Å². The van der Waals surface area contributed by atoms with E-state index in [0.717, 1.165) is 26.6 Å². The van der Waals surface area contributed by atoms with Crippen LogP contribution in [0, 0.1) is 13.8 Å². The summed E-state index contributed by atoms with van der Waals surface area (Å²) in [5, 5.41) is 4.15. The number of carbonyl (C=O) groups excluding carboxylic acids is 2. The number of nitrogens with one attached hydrogen (secondary N) is 1. The van der Waals surface area contributed by atoms with E-state index in [4.69, 9.17) is 27.9 Å². The first-order valence-corrected chi connectivity index (χ1v) is 11.6. The fourth-order valence-corrected chi connectivity index (χ4v) is 4.80. The molecule has 0 fully saturated rings. The van der Waals surface area contributed by atoms with E-state index in [1.165, 1.54) is 18.9 Å². The lowest BCUT2D eigenvalue weighted by Gasteiger charge is -2.18. The van der Waals surface area contributed by atoms with Gasteiger partial charge in [0.1, 0.15) is 16.4 Å². The minimum absolute atomic E-state index is 0.187. The summed E-state index contributed by atoms with van der Waals surface area (Å²) >= 11 is 13.4. The molecule has 5 nitrogen and oxygen atoms in total. The van der Waals surface area contributed by atoms with Gasteiger partial charge in [-0.05, 0) is 79.6 Å². The second kappa shape index (κ2) is 9.51. The molecule has 0 radical (unpaired) electrons. The van der Waals surface area contributed by atoms with Gasteiger partial charge in [0, 0.05) is 20.6 Å². The molecule has 1 aliphatic rings. The second-order valence-corrected chi connectivity index (χ2v) is 9.48. The van der Waals surface area contributed by atoms with Gasteiger partial charge in [-0.3, -0.25) is 9.59 Å². The number of carbonyl (C=O) groups is 2. The molecule has 0 saturated carbocycles. The van der Waals surface area contributed by atoms with Gasteiger partial charge in [-0.1, -0.05) is 41.0 Å². The number of imide groups is 1. The summed E-state index contributed by atoms with van der Waals surface area (Å²) < 4.78 is 5.40. The third-order valence-electron chi connectivity index (χ3n) is 4.95. The predicted molar refractivity (Wildman–Crippen MR) is 134 cm³/mol. The summed E-state index contributed by atoms with van der Waals surface area (Å²) in [5.74, 6) is -0.590. The van der Waals surface area contributed by atoms with Crippen molar-refractivity contribution in [2.75, 3.05) is 17.3 Å². The molecular weight excluding hydrogens is 479 g/mol. The third-order valence-corrected chi connectivity index (χ3v) is 6.53. The van der Waals surface area contributed by atoms with Crippen molar-refractivity contribution < 1.29 is 14.3 Å². The van der Waals surface area contributed by atoms with Crippen molar-refractivity contribution in [3.63, 3.8) is 0 Å². The minimum Gasteiger partial charge on any atom is -0.495 e. The first-order valence-electron chi connectivity index (χ1n) is 10.0. The highest BCUT2D eigenvalue weighted by atomic mass is 35.5. The largest absolute Gasteiger partial charge is 0.495 e. The van der Waals surface area contributed by atoms with Crippen LogP contribution in [0.15, 0.2) is 76.2 Å². The number of rotatable bonds is 6. The SMILES string of the molecule is COc1ccc(Cl)cc1N1C(=O)C(Nc2cc(C)cc(C)c2)=C(Sc2ccc(Cl)cc2)C1=O. The van der Waals surface area contributed by atoms with Crippen LogP contribution in [0.1, 0.15) is 11.1 Å². The summed E-state index contributed by atoms with van der Waals surface area (Å²) in [6.07, 6.45) is 0. The number of anilines is 2. The van der Waals surface area contributed by atoms with Gasteiger partial charge in [0.05, 0.1) is 12.8 Å². The maximum Gasteiger partial charge on any atom is 0.283 e. The number of halogens is 2. The molecule has 8 heteroatoms. The van der Waals surface area contributed by atoms with Crippen LogP contribution in [-0.2, 0) is 9.59 Å². The van der Waals surface area contributed by atoms with E-state index in [0.29, 0.717) is 15.8 Å². The molecule has 3 aromatic carbocycles. The Hall–Kier alpha value is -2.93. The number of benzene rings is 3. The predicted octanol–water partition coefficient (Wildman–Crippen LogP) is 6.61. The van der Waals surface area contributed by atoms with Crippen LogP contribution in [0.2, 0.25) is 10.0 Å². The van der Waals surface area contributed by atoms with Crippen molar-refractivity contribution in [2.45, 2.75) is 18.7 Å². The van der Waals surface area contributed by atoms with Gasteiger partial charge in [-0.15, -0.1) is 0 Å². The molecule has 0 bridgehead atoms. The number of nitrogens with zero attached hydrogens (tertiary/aromatic N) is 1. The molecule has 0 saturated heterocycles. The van der Waals surface area contributed by atoms with Crippen molar-refractivity contribution in [3.05, 3.63) is 92.4 Å². The molecule has 0 unspecified atom stereocenters.